The van der Waals surface area contributed by atoms with Crippen molar-refractivity contribution in [2.75, 3.05) is 13.2 Å². The molecule has 44 heavy (non-hydrogen) atoms. The molecule has 2 fully saturated rings. The minimum atomic E-state index is -1.99. The molecule has 2 aliphatic heterocycles. The molecule has 0 amide bonds. The van der Waals surface area contributed by atoms with E-state index in [2.05, 4.69) is 49.8 Å². The standard InChI is InChI=1S/C35H51BrO7Si/c1-35(2,3)44(4,5)43-30-17-12-18-40-32(30)19-27(36)28(37)20-31-29(38)21-33(41-23-26-15-10-7-11-16-26)34(42-31)24-39-22-25-13-8-6-9-14-25/h6-11,13-16,27,29-34,38H,12,17-24H2,1-5H3/t27?,29-,30+,31+,32-,33+,34-/m1/s1. The van der Waals surface area contributed by atoms with E-state index in [1.54, 1.807) is 0 Å². The van der Waals surface area contributed by atoms with Crippen LogP contribution in [0.3, 0.4) is 0 Å². The SMILES string of the molecule is CC(C)(C)[Si](C)(C)O[C@H]1CCCO[C@@H]1CC(Br)C(=O)C[C@@H]1O[C@H](COCc2ccccc2)[C@@H](OCc2ccccc2)C[C@H]1O. The van der Waals surface area contributed by atoms with Crippen molar-refractivity contribution < 1.29 is 33.3 Å². The molecule has 0 saturated carbocycles. The molecule has 9 heteroatoms. The van der Waals surface area contributed by atoms with Crippen LogP contribution in [-0.2, 0) is 41.4 Å². The molecule has 4 rings (SSSR count). The molecule has 2 aliphatic rings. The number of alkyl halides is 1. The van der Waals surface area contributed by atoms with Crippen molar-refractivity contribution in [2.24, 2.45) is 0 Å². The number of benzene rings is 2. The van der Waals surface area contributed by atoms with Crippen LogP contribution in [0, 0.1) is 0 Å². The lowest BCUT2D eigenvalue weighted by Crippen LogP contribution is -2.51. The summed E-state index contributed by atoms with van der Waals surface area (Å²) in [7, 11) is -1.99. The molecule has 7 nitrogen and oxygen atoms in total. The average Bonchev–Trinajstić information content (AvgIpc) is 2.99. The first-order chi connectivity index (χ1) is 20.9. The first kappa shape index (κ1) is 35.4. The van der Waals surface area contributed by atoms with Crippen LogP contribution in [0.5, 0.6) is 0 Å². The van der Waals surface area contributed by atoms with Gasteiger partial charge in [0, 0.05) is 19.4 Å². The fourth-order valence-electron chi connectivity index (χ4n) is 5.48. The third-order valence-electron chi connectivity index (χ3n) is 9.19. The number of hydrogen-bond acceptors (Lipinski definition) is 7. The molecule has 244 valence electrons. The molecule has 0 radical (unpaired) electrons. The summed E-state index contributed by atoms with van der Waals surface area (Å²) < 4.78 is 31.6. The number of rotatable bonds is 14. The van der Waals surface area contributed by atoms with Crippen LogP contribution in [0.25, 0.3) is 0 Å². The molecule has 0 aromatic heterocycles. The highest BCUT2D eigenvalue weighted by Gasteiger charge is 2.43. The van der Waals surface area contributed by atoms with Crippen molar-refractivity contribution >= 4 is 30.0 Å². The lowest BCUT2D eigenvalue weighted by molar-refractivity contribution is -0.203. The lowest BCUT2D eigenvalue weighted by Gasteiger charge is -2.43. The Hall–Kier alpha value is -1.43. The minimum Gasteiger partial charge on any atom is -0.411 e. The van der Waals surface area contributed by atoms with E-state index in [4.69, 9.17) is 23.4 Å². The summed E-state index contributed by atoms with van der Waals surface area (Å²) in [4.78, 5) is 13.1. The Morgan fingerprint density at radius 3 is 2.25 bits per heavy atom. The fourth-order valence-corrected chi connectivity index (χ4v) is 7.41. The Balaban J connectivity index is 1.35. The molecule has 0 spiro atoms. The van der Waals surface area contributed by atoms with Crippen molar-refractivity contribution in [1.29, 1.82) is 0 Å². The molecule has 2 aromatic rings. The normalized spacial score (nSPS) is 27.2. The lowest BCUT2D eigenvalue weighted by atomic mass is 9.93. The van der Waals surface area contributed by atoms with E-state index in [-0.39, 0.29) is 35.6 Å². The van der Waals surface area contributed by atoms with Crippen LogP contribution in [0.4, 0.5) is 0 Å². The van der Waals surface area contributed by atoms with Gasteiger partial charge in [-0.05, 0) is 48.5 Å². The second-order valence-electron chi connectivity index (χ2n) is 13.7. The number of halogens is 1. The zero-order chi connectivity index (χ0) is 31.7. The van der Waals surface area contributed by atoms with E-state index in [0.29, 0.717) is 39.3 Å². The van der Waals surface area contributed by atoms with Gasteiger partial charge in [0.1, 0.15) is 11.9 Å². The van der Waals surface area contributed by atoms with Gasteiger partial charge in [-0.1, -0.05) is 97.4 Å². The number of aliphatic hydroxyl groups is 1. The van der Waals surface area contributed by atoms with E-state index in [0.717, 1.165) is 24.0 Å². The molecule has 1 N–H and O–H groups in total. The quantitative estimate of drug-likeness (QED) is 0.169. The molecule has 0 aliphatic carbocycles. The van der Waals surface area contributed by atoms with Crippen molar-refractivity contribution in [1.82, 2.24) is 0 Å². The number of ether oxygens (including phenoxy) is 4. The Morgan fingerprint density at radius 2 is 1.61 bits per heavy atom. The summed E-state index contributed by atoms with van der Waals surface area (Å²) in [6, 6.07) is 19.9. The number of carbonyl (C=O) groups is 1. The maximum absolute atomic E-state index is 13.5. The second-order valence-corrected chi connectivity index (χ2v) is 19.6. The summed E-state index contributed by atoms with van der Waals surface area (Å²) >= 11 is 3.66. The largest absolute Gasteiger partial charge is 0.411 e. The fraction of sp³-hybridized carbons (Fsp3) is 0.629. The molecule has 2 aromatic carbocycles. The zero-order valence-electron chi connectivity index (χ0n) is 27.0. The van der Waals surface area contributed by atoms with Gasteiger partial charge in [0.2, 0.25) is 0 Å². The Kier molecular flexibility index (Phi) is 13.2. The van der Waals surface area contributed by atoms with Gasteiger partial charge in [0.25, 0.3) is 0 Å². The van der Waals surface area contributed by atoms with E-state index in [9.17, 15) is 9.90 Å². The van der Waals surface area contributed by atoms with Gasteiger partial charge in [-0.2, -0.15) is 0 Å². The van der Waals surface area contributed by atoms with E-state index in [1.807, 2.05) is 60.7 Å². The van der Waals surface area contributed by atoms with Crippen LogP contribution in [0.2, 0.25) is 18.1 Å². The van der Waals surface area contributed by atoms with Crippen LogP contribution in [0.1, 0.15) is 64.0 Å². The van der Waals surface area contributed by atoms with Gasteiger partial charge < -0.3 is 28.5 Å². The van der Waals surface area contributed by atoms with Crippen molar-refractivity contribution in [3.8, 4) is 0 Å². The van der Waals surface area contributed by atoms with E-state index < -0.39 is 31.5 Å². The molecule has 7 atom stereocenters. The van der Waals surface area contributed by atoms with E-state index >= 15 is 0 Å². The predicted octanol–water partition coefficient (Wildman–Crippen LogP) is 6.99. The maximum Gasteiger partial charge on any atom is 0.192 e. The average molecular weight is 692 g/mol. The number of Topliss-reactive ketones (excluding diaryl/α,β-unsaturated/α-hetero) is 1. The summed E-state index contributed by atoms with van der Waals surface area (Å²) in [6.07, 6.45) is 0.446. The molecule has 2 saturated heterocycles. The predicted molar refractivity (Wildman–Crippen MR) is 178 cm³/mol. The second kappa shape index (κ2) is 16.4. The van der Waals surface area contributed by atoms with Crippen LogP contribution in [-0.4, -0.2) is 73.9 Å². The van der Waals surface area contributed by atoms with Crippen molar-refractivity contribution in [3.63, 3.8) is 0 Å². The number of hydrogen-bond donors (Lipinski definition) is 1. The molecular weight excluding hydrogens is 640 g/mol. The van der Waals surface area contributed by atoms with Gasteiger partial charge in [0.05, 0.1) is 55.2 Å². The summed E-state index contributed by atoms with van der Waals surface area (Å²) in [5.41, 5.74) is 2.12. The number of ketones is 1. The van der Waals surface area contributed by atoms with Gasteiger partial charge in [-0.3, -0.25) is 4.79 Å². The molecule has 0 bridgehead atoms. The zero-order valence-corrected chi connectivity index (χ0v) is 29.5. The smallest absolute Gasteiger partial charge is 0.192 e. The first-order valence-electron chi connectivity index (χ1n) is 16.0. The number of aliphatic hydroxyl groups excluding tert-OH is 1. The molecular formula is C35H51BrO7Si. The van der Waals surface area contributed by atoms with Crippen molar-refractivity contribution in [2.45, 2.75) is 126 Å². The van der Waals surface area contributed by atoms with Crippen LogP contribution < -0.4 is 0 Å². The topological polar surface area (TPSA) is 83.5 Å². The summed E-state index contributed by atoms with van der Waals surface area (Å²) in [6.45, 7) is 13.1. The van der Waals surface area contributed by atoms with E-state index in [1.165, 1.54) is 0 Å². The highest BCUT2D eigenvalue weighted by atomic mass is 79.9. The third kappa shape index (κ3) is 10.3. The highest BCUT2D eigenvalue weighted by molar-refractivity contribution is 9.10. The number of carbonyl (C=O) groups excluding carboxylic acids is 1. The van der Waals surface area contributed by atoms with Crippen molar-refractivity contribution in [3.05, 3.63) is 71.8 Å². The summed E-state index contributed by atoms with van der Waals surface area (Å²) in [5.74, 6) is -0.0121. The minimum absolute atomic E-state index is 0.0121. The van der Waals surface area contributed by atoms with Crippen LogP contribution in [0.15, 0.2) is 60.7 Å². The van der Waals surface area contributed by atoms with Crippen LogP contribution >= 0.6 is 15.9 Å². The Morgan fingerprint density at radius 1 is 0.977 bits per heavy atom. The van der Waals surface area contributed by atoms with Gasteiger partial charge >= 0.3 is 0 Å². The Labute approximate surface area is 273 Å². The van der Waals surface area contributed by atoms with Gasteiger partial charge in [0.15, 0.2) is 8.32 Å². The third-order valence-corrected chi connectivity index (χ3v) is 14.6. The maximum atomic E-state index is 13.5. The van der Waals surface area contributed by atoms with Gasteiger partial charge in [-0.15, -0.1) is 0 Å². The Bertz CT molecular complexity index is 1140. The molecule has 2 heterocycles. The first-order valence-corrected chi connectivity index (χ1v) is 19.8. The molecule has 1 unspecified atom stereocenters. The van der Waals surface area contributed by atoms with Gasteiger partial charge in [-0.25, -0.2) is 0 Å². The summed E-state index contributed by atoms with van der Waals surface area (Å²) in [5, 5.41) is 11.2. The monoisotopic (exact) mass is 690 g/mol. The highest BCUT2D eigenvalue weighted by Crippen LogP contribution is 2.39.